The van der Waals surface area contributed by atoms with Gasteiger partial charge in [0.15, 0.2) is 0 Å². The first-order valence-electron chi connectivity index (χ1n) is 46.5. The molecule has 3 aliphatic carbocycles. The maximum atomic E-state index is 13.6. The summed E-state index contributed by atoms with van der Waals surface area (Å²) in [7, 11) is 0. The lowest BCUT2D eigenvalue weighted by Crippen LogP contribution is -2.46. The van der Waals surface area contributed by atoms with Crippen molar-refractivity contribution in [1.82, 2.24) is 37.2 Å². The van der Waals surface area contributed by atoms with Gasteiger partial charge in [0.25, 0.3) is 0 Å². The van der Waals surface area contributed by atoms with Crippen LogP contribution in [-0.4, -0.2) is 232 Å². The largest absolute Gasteiger partial charge is 0.379 e. The van der Waals surface area contributed by atoms with Crippen molar-refractivity contribution in [3.05, 3.63) is 176 Å². The first kappa shape index (κ1) is 113. The summed E-state index contributed by atoms with van der Waals surface area (Å²) in [5, 5.41) is 20.0. The van der Waals surface area contributed by atoms with E-state index in [0.29, 0.717) is 210 Å². The lowest BCUT2D eigenvalue weighted by molar-refractivity contribution is -0.127. The third-order valence-electron chi connectivity index (χ3n) is 21.7. The van der Waals surface area contributed by atoms with Crippen molar-refractivity contribution < 1.29 is 85.7 Å². The normalized spacial score (nSPS) is 16.5. The second-order valence-electron chi connectivity index (χ2n) is 34.8. The molecule has 25 heteroatoms. The summed E-state index contributed by atoms with van der Waals surface area (Å²) in [5.41, 5.74) is 14.9. The van der Waals surface area contributed by atoms with Crippen LogP contribution >= 0.6 is 0 Å². The summed E-state index contributed by atoms with van der Waals surface area (Å²) in [6, 6.07) is -0.779. The molecule has 0 saturated carbocycles. The molecule has 1 atom stereocenters. The molecular formula is C102H163N7O18. The fourth-order valence-electron chi connectivity index (χ4n) is 14.4. The van der Waals surface area contributed by atoms with E-state index in [1.165, 1.54) is 84.1 Å². The van der Waals surface area contributed by atoms with Gasteiger partial charge < -0.3 is 89.3 Å². The Kier molecular flexibility index (Phi) is 62.2. The predicted molar refractivity (Wildman–Crippen MR) is 509 cm³/mol. The Labute approximate surface area is 762 Å². The summed E-state index contributed by atoms with van der Waals surface area (Å²) in [6.07, 6.45) is 50.7. The average Bonchev–Trinajstić information content (AvgIpc) is 0.831. The van der Waals surface area contributed by atoms with E-state index in [0.717, 1.165) is 52.7 Å². The summed E-state index contributed by atoms with van der Waals surface area (Å²) >= 11 is 0. The number of carbonyl (C=O) groups excluding carboxylic acids is 7. The SMILES string of the molecule is CC1=C(/C=C/C(C)=C/C=C/C(C)=C/C(=O)NCCCC[C@H](NC(=O)/C=C(C)/C=C/C=C(C)/C=C/C2=C(C)CCCC2(C)C)C(=O)NCCCOCCOCCOCCCNC(=O)CCOCCOCCOCCOCCOCCC(=O)NCCCOCCOCCOCCCNC(=O)CNC(=O)/C=C(C)/C=C/C=C(C)/C=C/C2=C(C)CCCC2(C)C)C(C)(C)CCC1. The van der Waals surface area contributed by atoms with Crippen LogP contribution in [0.3, 0.4) is 0 Å². The minimum absolute atomic E-state index is 0.0943. The Balaban J connectivity index is 1.09. The summed E-state index contributed by atoms with van der Waals surface area (Å²) in [5.74, 6) is -1.63. The molecule has 0 aromatic rings. The number of unbranched alkanes of at least 4 members (excludes halogenated alkanes) is 1. The summed E-state index contributed by atoms with van der Waals surface area (Å²) < 4.78 is 61.5. The fourth-order valence-corrected chi connectivity index (χ4v) is 14.4. The number of rotatable bonds is 70. The van der Waals surface area contributed by atoms with Crippen LogP contribution in [0, 0.1) is 16.2 Å². The Morgan fingerprint density at radius 1 is 0.315 bits per heavy atom. The molecule has 0 aromatic carbocycles. The Bertz CT molecular complexity index is 3750. The molecular weight excluding hydrogens is 1610 g/mol. The van der Waals surface area contributed by atoms with Crippen molar-refractivity contribution in [2.45, 2.75) is 225 Å². The summed E-state index contributed by atoms with van der Waals surface area (Å²) in [4.78, 5) is 88.8. The molecule has 0 spiro atoms. The lowest BCUT2D eigenvalue weighted by Gasteiger charge is -2.33. The molecule has 7 N–H and O–H groups in total. The van der Waals surface area contributed by atoms with E-state index in [4.69, 9.17) is 52.1 Å². The Hall–Kier alpha value is -8.05. The van der Waals surface area contributed by atoms with E-state index in [1.54, 1.807) is 6.08 Å². The van der Waals surface area contributed by atoms with Gasteiger partial charge in [0.2, 0.25) is 41.4 Å². The van der Waals surface area contributed by atoms with Crippen LogP contribution in [0.4, 0.5) is 0 Å². The zero-order valence-corrected chi connectivity index (χ0v) is 80.3. The smallest absolute Gasteiger partial charge is 0.244 e. The molecule has 25 nitrogen and oxygen atoms in total. The maximum absolute atomic E-state index is 13.6. The zero-order chi connectivity index (χ0) is 93.0. The minimum atomic E-state index is -0.779. The van der Waals surface area contributed by atoms with Crippen molar-refractivity contribution >= 4 is 41.4 Å². The van der Waals surface area contributed by atoms with E-state index >= 15 is 0 Å². The third-order valence-corrected chi connectivity index (χ3v) is 21.7. The van der Waals surface area contributed by atoms with Crippen molar-refractivity contribution in [3.8, 4) is 0 Å². The van der Waals surface area contributed by atoms with Crippen LogP contribution in [0.15, 0.2) is 176 Å². The molecule has 7 amide bonds. The first-order valence-corrected chi connectivity index (χ1v) is 46.5. The van der Waals surface area contributed by atoms with Crippen molar-refractivity contribution in [3.63, 3.8) is 0 Å². The van der Waals surface area contributed by atoms with Gasteiger partial charge in [-0.3, -0.25) is 33.6 Å². The second-order valence-corrected chi connectivity index (χ2v) is 34.8. The predicted octanol–water partition coefficient (Wildman–Crippen LogP) is 15.5. The topological polar surface area (TPSA) is 305 Å². The van der Waals surface area contributed by atoms with Crippen LogP contribution in [-0.2, 0) is 85.7 Å². The van der Waals surface area contributed by atoms with Crippen molar-refractivity contribution in [2.75, 3.05) is 185 Å². The van der Waals surface area contributed by atoms with E-state index in [9.17, 15) is 33.6 Å². The van der Waals surface area contributed by atoms with Crippen LogP contribution in [0.1, 0.15) is 219 Å². The number of ether oxygens (including phenoxy) is 11. The molecule has 0 aromatic heterocycles. The average molecular weight is 1780 g/mol. The second kappa shape index (κ2) is 69.9. The zero-order valence-electron chi connectivity index (χ0n) is 80.3. The first-order chi connectivity index (χ1) is 61.0. The van der Waals surface area contributed by atoms with Gasteiger partial charge in [-0.05, 0) is 215 Å². The highest BCUT2D eigenvalue weighted by molar-refractivity contribution is 5.94. The standard InChI is InChI=1S/C102H163N7O18/c1-80(38-41-89-86(7)34-21-46-100(89,10)11)28-18-31-83(4)76-95(112)105-49-17-16-37-92(109-97(114)78-85(6)33-20-30-82(3)40-43-91-88(9)36-23-48-102(91,14)15)99(116)107-53-27-57-120-63-69-124-67-61-118-55-25-51-104-94(111)45-59-122-65-71-126-73-75-127-74-72-125-70-64-121-58-44-93(110)103-50-24-54-117-60-66-123-68-62-119-56-26-52-106-98(115)79-108-96(113)77-84(5)32-19-29-81(2)39-42-90-87(8)35-22-47-101(90,12)13/h18-20,28-33,38-43,76-78,92H,16-17,21-27,34-37,44-75,79H2,1-15H3,(H,103,110)(H,104,111)(H,105,112)(H,106,115)(H,107,116)(H,108,113)(H,109,114)/b31-18+,32-19+,33-20+,41-38+,42-39+,43-40+,80-28+,81-29+,82-30+,83-76+,84-77+,85-78+/t92-/m0/s1. The highest BCUT2D eigenvalue weighted by atomic mass is 16.6. The van der Waals surface area contributed by atoms with Gasteiger partial charge in [-0.25, -0.2) is 0 Å². The molecule has 714 valence electrons. The third kappa shape index (κ3) is 58.3. The molecule has 0 unspecified atom stereocenters. The van der Waals surface area contributed by atoms with Gasteiger partial charge >= 0.3 is 0 Å². The Morgan fingerprint density at radius 2 is 0.598 bits per heavy atom. The minimum Gasteiger partial charge on any atom is -0.379 e. The molecule has 0 aliphatic heterocycles. The number of allylic oxidation sites excluding steroid dienone is 27. The highest BCUT2D eigenvalue weighted by Crippen LogP contribution is 2.43. The van der Waals surface area contributed by atoms with E-state index in [-0.39, 0.29) is 90.2 Å². The highest BCUT2D eigenvalue weighted by Gasteiger charge is 2.29. The number of hydrogen-bond donors (Lipinski definition) is 7. The maximum Gasteiger partial charge on any atom is 0.244 e. The van der Waals surface area contributed by atoms with Gasteiger partial charge in [0, 0.05) is 90.2 Å². The van der Waals surface area contributed by atoms with Gasteiger partial charge in [0.1, 0.15) is 6.04 Å². The quantitative estimate of drug-likeness (QED) is 0.0169. The Morgan fingerprint density at radius 3 is 0.929 bits per heavy atom. The van der Waals surface area contributed by atoms with Crippen molar-refractivity contribution in [1.29, 1.82) is 0 Å². The van der Waals surface area contributed by atoms with E-state index < -0.39 is 6.04 Å². The van der Waals surface area contributed by atoms with E-state index in [1.807, 2.05) is 75.5 Å². The molecule has 3 aliphatic rings. The number of carbonyl (C=O) groups is 7. The monoisotopic (exact) mass is 1770 g/mol. The molecule has 0 radical (unpaired) electrons. The molecule has 0 heterocycles. The molecule has 3 rings (SSSR count). The van der Waals surface area contributed by atoms with Gasteiger partial charge in [-0.15, -0.1) is 0 Å². The van der Waals surface area contributed by atoms with Gasteiger partial charge in [-0.2, -0.15) is 0 Å². The van der Waals surface area contributed by atoms with E-state index in [2.05, 4.69) is 157 Å². The van der Waals surface area contributed by atoms with Crippen LogP contribution < -0.4 is 37.2 Å². The van der Waals surface area contributed by atoms with Gasteiger partial charge in [-0.1, -0.05) is 166 Å². The fraction of sp³-hybridized carbons (Fsp3) is 0.637. The van der Waals surface area contributed by atoms with Gasteiger partial charge in [0.05, 0.1) is 125 Å². The molecule has 0 fully saturated rings. The van der Waals surface area contributed by atoms with Crippen molar-refractivity contribution in [2.24, 2.45) is 16.2 Å². The molecule has 0 bridgehead atoms. The molecule has 127 heavy (non-hydrogen) atoms. The lowest BCUT2D eigenvalue weighted by atomic mass is 9.72. The number of amides is 7. The number of hydrogen-bond acceptors (Lipinski definition) is 18. The van der Waals surface area contributed by atoms with Crippen LogP contribution in [0.25, 0.3) is 0 Å². The number of nitrogens with one attached hydrogen (secondary N) is 7. The molecule has 0 saturated heterocycles. The summed E-state index contributed by atoms with van der Waals surface area (Å²) in [6.45, 7) is 43.2. The van der Waals surface area contributed by atoms with Crippen LogP contribution in [0.5, 0.6) is 0 Å². The van der Waals surface area contributed by atoms with Crippen LogP contribution in [0.2, 0.25) is 0 Å².